The molecule has 0 aliphatic carbocycles. The maximum absolute atomic E-state index is 12.2. The lowest BCUT2D eigenvalue weighted by atomic mass is 10.0. The molecule has 1 aliphatic heterocycles. The summed E-state index contributed by atoms with van der Waals surface area (Å²) >= 11 is 0. The summed E-state index contributed by atoms with van der Waals surface area (Å²) in [6.07, 6.45) is 3.13. The molecule has 1 heterocycles. The molecule has 1 unspecified atom stereocenters. The van der Waals surface area contributed by atoms with Gasteiger partial charge in [0.1, 0.15) is 0 Å². The van der Waals surface area contributed by atoms with Gasteiger partial charge in [-0.05, 0) is 50.9 Å². The molecule has 0 saturated carbocycles. The van der Waals surface area contributed by atoms with Crippen LogP contribution in [0.5, 0.6) is 0 Å². The van der Waals surface area contributed by atoms with Crippen LogP contribution in [0.4, 0.5) is 5.69 Å². The maximum atomic E-state index is 12.2. The normalized spacial score (nSPS) is 17.8. The van der Waals surface area contributed by atoms with E-state index in [4.69, 9.17) is 0 Å². The standard InChI is InChI=1S/C18H27N3O2/c1-13(2)21(14(3)22)12-15-7-9-16(10-8-15)20-18(23)17-6-4-5-11-19-17/h7-10,13,17,19H,4-6,11-12H2,1-3H3,(H,20,23). The highest BCUT2D eigenvalue weighted by molar-refractivity contribution is 5.94. The lowest BCUT2D eigenvalue weighted by molar-refractivity contribution is -0.131. The third kappa shape index (κ3) is 5.06. The Morgan fingerprint density at radius 3 is 2.48 bits per heavy atom. The number of carbonyl (C=O) groups excluding carboxylic acids is 2. The Kier molecular flexibility index (Phi) is 6.16. The lowest BCUT2D eigenvalue weighted by Gasteiger charge is -2.25. The van der Waals surface area contributed by atoms with Crippen molar-refractivity contribution in [2.24, 2.45) is 0 Å². The fourth-order valence-electron chi connectivity index (χ4n) is 2.85. The first-order valence-corrected chi connectivity index (χ1v) is 8.38. The van der Waals surface area contributed by atoms with Crippen molar-refractivity contribution in [1.29, 1.82) is 0 Å². The minimum Gasteiger partial charge on any atom is -0.336 e. The molecule has 5 heteroatoms. The molecule has 23 heavy (non-hydrogen) atoms. The first kappa shape index (κ1) is 17.5. The Balaban J connectivity index is 1.93. The Morgan fingerprint density at radius 1 is 1.26 bits per heavy atom. The molecular weight excluding hydrogens is 290 g/mol. The largest absolute Gasteiger partial charge is 0.336 e. The molecule has 1 fully saturated rings. The summed E-state index contributed by atoms with van der Waals surface area (Å²) in [7, 11) is 0. The summed E-state index contributed by atoms with van der Waals surface area (Å²) in [5.74, 6) is 0.103. The van der Waals surface area contributed by atoms with Crippen LogP contribution in [-0.4, -0.2) is 35.3 Å². The van der Waals surface area contributed by atoms with Crippen molar-refractivity contribution in [2.75, 3.05) is 11.9 Å². The zero-order chi connectivity index (χ0) is 16.8. The van der Waals surface area contributed by atoms with E-state index in [1.807, 2.05) is 43.0 Å². The maximum Gasteiger partial charge on any atom is 0.241 e. The van der Waals surface area contributed by atoms with Gasteiger partial charge in [0.05, 0.1) is 6.04 Å². The zero-order valence-electron chi connectivity index (χ0n) is 14.3. The van der Waals surface area contributed by atoms with E-state index >= 15 is 0 Å². The first-order chi connectivity index (χ1) is 11.0. The molecule has 1 aromatic carbocycles. The highest BCUT2D eigenvalue weighted by Crippen LogP contribution is 2.15. The highest BCUT2D eigenvalue weighted by atomic mass is 16.2. The molecule has 2 rings (SSSR count). The monoisotopic (exact) mass is 317 g/mol. The molecule has 1 atom stereocenters. The Morgan fingerprint density at radius 2 is 1.96 bits per heavy atom. The second kappa shape index (κ2) is 8.11. The average Bonchev–Trinajstić information content (AvgIpc) is 2.54. The minimum atomic E-state index is -0.0856. The number of nitrogens with one attached hydrogen (secondary N) is 2. The van der Waals surface area contributed by atoms with Crippen molar-refractivity contribution < 1.29 is 9.59 Å². The van der Waals surface area contributed by atoms with Crippen molar-refractivity contribution in [1.82, 2.24) is 10.2 Å². The van der Waals surface area contributed by atoms with E-state index in [9.17, 15) is 9.59 Å². The summed E-state index contributed by atoms with van der Waals surface area (Å²) in [5.41, 5.74) is 1.85. The van der Waals surface area contributed by atoms with Gasteiger partial charge < -0.3 is 15.5 Å². The number of piperidine rings is 1. The zero-order valence-corrected chi connectivity index (χ0v) is 14.3. The average molecular weight is 317 g/mol. The van der Waals surface area contributed by atoms with Gasteiger partial charge >= 0.3 is 0 Å². The number of carbonyl (C=O) groups is 2. The smallest absolute Gasteiger partial charge is 0.241 e. The quantitative estimate of drug-likeness (QED) is 0.877. The third-order valence-corrected chi connectivity index (χ3v) is 4.23. The summed E-state index contributed by atoms with van der Waals surface area (Å²) in [5, 5.41) is 6.20. The molecule has 0 bridgehead atoms. The van der Waals surface area contributed by atoms with E-state index < -0.39 is 0 Å². The number of hydrogen-bond donors (Lipinski definition) is 2. The molecule has 126 valence electrons. The summed E-state index contributed by atoms with van der Waals surface area (Å²) in [4.78, 5) is 25.6. The van der Waals surface area contributed by atoms with Crippen LogP contribution >= 0.6 is 0 Å². The molecule has 2 amide bonds. The SMILES string of the molecule is CC(=O)N(Cc1ccc(NC(=O)C2CCCCN2)cc1)C(C)C. The van der Waals surface area contributed by atoms with E-state index in [2.05, 4.69) is 10.6 Å². The number of anilines is 1. The Bertz CT molecular complexity index is 534. The highest BCUT2D eigenvalue weighted by Gasteiger charge is 2.20. The topological polar surface area (TPSA) is 61.4 Å². The van der Waals surface area contributed by atoms with E-state index in [0.717, 1.165) is 37.1 Å². The number of amides is 2. The van der Waals surface area contributed by atoms with Crippen molar-refractivity contribution in [3.63, 3.8) is 0 Å². The van der Waals surface area contributed by atoms with Gasteiger partial charge in [-0.3, -0.25) is 9.59 Å². The van der Waals surface area contributed by atoms with E-state index in [0.29, 0.717) is 6.54 Å². The van der Waals surface area contributed by atoms with Crippen molar-refractivity contribution in [3.05, 3.63) is 29.8 Å². The number of hydrogen-bond acceptors (Lipinski definition) is 3. The fraction of sp³-hybridized carbons (Fsp3) is 0.556. The van der Waals surface area contributed by atoms with Gasteiger partial charge in [-0.15, -0.1) is 0 Å². The van der Waals surface area contributed by atoms with Crippen molar-refractivity contribution in [3.8, 4) is 0 Å². The van der Waals surface area contributed by atoms with Crippen LogP contribution in [0.25, 0.3) is 0 Å². The van der Waals surface area contributed by atoms with Crippen LogP contribution in [-0.2, 0) is 16.1 Å². The molecule has 0 aromatic heterocycles. The second-order valence-electron chi connectivity index (χ2n) is 6.43. The molecular formula is C18H27N3O2. The van der Waals surface area contributed by atoms with Crippen LogP contribution in [0.2, 0.25) is 0 Å². The molecule has 1 saturated heterocycles. The Labute approximate surface area is 138 Å². The van der Waals surface area contributed by atoms with Gasteiger partial charge in [0.25, 0.3) is 0 Å². The van der Waals surface area contributed by atoms with Crippen LogP contribution in [0.3, 0.4) is 0 Å². The van der Waals surface area contributed by atoms with Crippen LogP contribution in [0, 0.1) is 0 Å². The Hall–Kier alpha value is -1.88. The van der Waals surface area contributed by atoms with Crippen molar-refractivity contribution in [2.45, 2.75) is 58.7 Å². The third-order valence-electron chi connectivity index (χ3n) is 4.23. The molecule has 2 N–H and O–H groups in total. The second-order valence-corrected chi connectivity index (χ2v) is 6.43. The molecule has 0 spiro atoms. The predicted octanol–water partition coefficient (Wildman–Crippen LogP) is 2.52. The van der Waals surface area contributed by atoms with E-state index in [-0.39, 0.29) is 23.9 Å². The number of rotatable bonds is 5. The van der Waals surface area contributed by atoms with Gasteiger partial charge in [-0.25, -0.2) is 0 Å². The summed E-state index contributed by atoms with van der Waals surface area (Å²) < 4.78 is 0. The van der Waals surface area contributed by atoms with Crippen LogP contribution in [0.1, 0.15) is 45.6 Å². The summed E-state index contributed by atoms with van der Waals surface area (Å²) in [6, 6.07) is 7.80. The van der Waals surface area contributed by atoms with E-state index in [1.54, 1.807) is 6.92 Å². The summed E-state index contributed by atoms with van der Waals surface area (Å²) in [6.45, 7) is 7.10. The first-order valence-electron chi connectivity index (χ1n) is 8.38. The van der Waals surface area contributed by atoms with Gasteiger partial charge in [0.15, 0.2) is 0 Å². The minimum absolute atomic E-state index is 0.0324. The fourth-order valence-corrected chi connectivity index (χ4v) is 2.85. The molecule has 1 aromatic rings. The van der Waals surface area contributed by atoms with Gasteiger partial charge in [0.2, 0.25) is 11.8 Å². The molecule has 0 radical (unpaired) electrons. The van der Waals surface area contributed by atoms with E-state index in [1.165, 1.54) is 0 Å². The van der Waals surface area contributed by atoms with Crippen molar-refractivity contribution >= 4 is 17.5 Å². The predicted molar refractivity (Wildman–Crippen MR) is 92.1 cm³/mol. The molecule has 1 aliphatic rings. The molecule has 5 nitrogen and oxygen atoms in total. The number of nitrogens with zero attached hydrogens (tertiary/aromatic N) is 1. The van der Waals surface area contributed by atoms with Gasteiger partial charge in [-0.2, -0.15) is 0 Å². The lowest BCUT2D eigenvalue weighted by Crippen LogP contribution is -2.43. The number of benzene rings is 1. The van der Waals surface area contributed by atoms with Crippen LogP contribution < -0.4 is 10.6 Å². The van der Waals surface area contributed by atoms with Gasteiger partial charge in [0, 0.05) is 25.2 Å². The van der Waals surface area contributed by atoms with Crippen LogP contribution in [0.15, 0.2) is 24.3 Å². The van der Waals surface area contributed by atoms with Gasteiger partial charge in [-0.1, -0.05) is 18.6 Å².